The average molecular weight is 349 g/mol. The molecule has 0 saturated carbocycles. The number of ether oxygens (including phenoxy) is 1. The number of nitrogens with zero attached hydrogens (tertiary/aromatic N) is 2. The van der Waals surface area contributed by atoms with Gasteiger partial charge in [0.15, 0.2) is 0 Å². The van der Waals surface area contributed by atoms with E-state index in [-0.39, 0.29) is 18.9 Å². The molecule has 2 fully saturated rings. The molecule has 0 aliphatic carbocycles. The maximum Gasteiger partial charge on any atom is 0.322 e. The van der Waals surface area contributed by atoms with Gasteiger partial charge in [0, 0.05) is 19.5 Å². The molecule has 2 heterocycles. The van der Waals surface area contributed by atoms with E-state index in [1.807, 2.05) is 0 Å². The topological polar surface area (TPSA) is 61.9 Å². The zero-order valence-corrected chi connectivity index (χ0v) is 14.4. The number of hydrogen-bond acceptors (Lipinski definition) is 3. The fraction of sp³-hybridized carbons (Fsp3) is 0.556. The van der Waals surface area contributed by atoms with E-state index in [1.54, 1.807) is 29.2 Å². The van der Waals surface area contributed by atoms with Gasteiger partial charge in [0.05, 0.1) is 19.3 Å². The minimum atomic E-state index is -1.18. The van der Waals surface area contributed by atoms with Gasteiger partial charge in [-0.05, 0) is 31.4 Å². The number of nitrogens with one attached hydrogen (secondary N) is 1. The first kappa shape index (κ1) is 17.5. The van der Waals surface area contributed by atoms with E-state index in [1.165, 1.54) is 12.0 Å². The first-order valence-corrected chi connectivity index (χ1v) is 8.73. The molecule has 6 nitrogen and oxygen atoms in total. The predicted molar refractivity (Wildman–Crippen MR) is 92.5 cm³/mol. The molecule has 25 heavy (non-hydrogen) atoms. The fourth-order valence-electron chi connectivity index (χ4n) is 3.50. The van der Waals surface area contributed by atoms with Crippen molar-refractivity contribution in [2.24, 2.45) is 0 Å². The van der Waals surface area contributed by atoms with E-state index < -0.39 is 18.2 Å². The Morgan fingerprint density at radius 2 is 1.92 bits per heavy atom. The van der Waals surface area contributed by atoms with E-state index in [2.05, 4.69) is 5.32 Å². The number of carbonyl (C=O) groups is 2. The summed E-state index contributed by atoms with van der Waals surface area (Å²) in [5.41, 5.74) is 0.501. The van der Waals surface area contributed by atoms with Gasteiger partial charge in [-0.25, -0.2) is 9.18 Å². The van der Waals surface area contributed by atoms with Crippen LogP contribution in [0, 0.1) is 0 Å². The summed E-state index contributed by atoms with van der Waals surface area (Å²) in [6, 6.07) is 5.80. The van der Waals surface area contributed by atoms with Crippen molar-refractivity contribution in [3.05, 3.63) is 24.3 Å². The number of likely N-dealkylation sites (tertiary alicyclic amines) is 2. The molecule has 7 heteroatoms. The standard InChI is InChI=1S/C18H24FN3O3/c1-25-16-8-4-3-7-14(16)20-18(24)22-12-13(19)11-15(22)17(23)21-9-5-2-6-10-21/h3-4,7-8,13,15H,2,5-6,9-12H2,1H3,(H,20,24)/t13-,15-/m0/s1. The number of carbonyl (C=O) groups excluding carboxylic acids is 2. The monoisotopic (exact) mass is 349 g/mol. The van der Waals surface area contributed by atoms with Crippen LogP contribution in [-0.4, -0.2) is 60.7 Å². The minimum absolute atomic E-state index is 0.0642. The van der Waals surface area contributed by atoms with E-state index in [0.717, 1.165) is 19.3 Å². The molecule has 1 aromatic rings. The smallest absolute Gasteiger partial charge is 0.322 e. The van der Waals surface area contributed by atoms with Crippen molar-refractivity contribution < 1.29 is 18.7 Å². The third-order valence-electron chi connectivity index (χ3n) is 4.81. The Kier molecular flexibility index (Phi) is 5.40. The van der Waals surface area contributed by atoms with Gasteiger partial charge in [-0.15, -0.1) is 0 Å². The van der Waals surface area contributed by atoms with Crippen LogP contribution in [-0.2, 0) is 4.79 Å². The zero-order valence-electron chi connectivity index (χ0n) is 14.4. The average Bonchev–Trinajstić information content (AvgIpc) is 3.04. The van der Waals surface area contributed by atoms with Crippen molar-refractivity contribution >= 4 is 17.6 Å². The summed E-state index contributed by atoms with van der Waals surface area (Å²) in [5.74, 6) is 0.376. The van der Waals surface area contributed by atoms with E-state index >= 15 is 0 Å². The summed E-state index contributed by atoms with van der Waals surface area (Å²) < 4.78 is 19.2. The number of hydrogen-bond donors (Lipinski definition) is 1. The number of urea groups is 1. The van der Waals surface area contributed by atoms with Gasteiger partial charge in [0.25, 0.3) is 0 Å². The van der Waals surface area contributed by atoms with Crippen molar-refractivity contribution in [2.45, 2.75) is 37.9 Å². The molecule has 1 N–H and O–H groups in total. The number of methoxy groups -OCH3 is 1. The lowest BCUT2D eigenvalue weighted by molar-refractivity contribution is -0.136. The number of piperidine rings is 1. The summed E-state index contributed by atoms with van der Waals surface area (Å²) in [6.45, 7) is 1.31. The van der Waals surface area contributed by atoms with Crippen LogP contribution in [0.1, 0.15) is 25.7 Å². The zero-order chi connectivity index (χ0) is 17.8. The first-order chi connectivity index (χ1) is 12.1. The van der Waals surface area contributed by atoms with Gasteiger partial charge >= 0.3 is 6.03 Å². The first-order valence-electron chi connectivity index (χ1n) is 8.73. The van der Waals surface area contributed by atoms with Crippen molar-refractivity contribution in [1.82, 2.24) is 9.80 Å². The highest BCUT2D eigenvalue weighted by Crippen LogP contribution is 2.27. The summed E-state index contributed by atoms with van der Waals surface area (Å²) in [5, 5.41) is 2.74. The largest absolute Gasteiger partial charge is 0.495 e. The highest BCUT2D eigenvalue weighted by Gasteiger charge is 2.41. The van der Waals surface area contributed by atoms with Crippen molar-refractivity contribution in [1.29, 1.82) is 0 Å². The number of para-hydroxylation sites is 2. The second kappa shape index (κ2) is 7.72. The predicted octanol–water partition coefficient (Wildman–Crippen LogP) is 2.65. The molecule has 2 atom stereocenters. The highest BCUT2D eigenvalue weighted by molar-refractivity contribution is 5.95. The second-order valence-corrected chi connectivity index (χ2v) is 6.52. The van der Waals surface area contributed by atoms with Crippen molar-refractivity contribution in [2.75, 3.05) is 32.1 Å². The molecular formula is C18H24FN3O3. The summed E-state index contributed by atoms with van der Waals surface area (Å²) in [7, 11) is 1.52. The van der Waals surface area contributed by atoms with E-state index in [0.29, 0.717) is 24.5 Å². The Hall–Kier alpha value is -2.31. The number of rotatable bonds is 3. The molecule has 0 spiro atoms. The van der Waals surface area contributed by atoms with Gasteiger partial charge in [-0.1, -0.05) is 12.1 Å². The van der Waals surface area contributed by atoms with Crippen LogP contribution in [0.5, 0.6) is 5.75 Å². The Labute approximate surface area is 146 Å². The number of anilines is 1. The van der Waals surface area contributed by atoms with Crippen LogP contribution in [0.3, 0.4) is 0 Å². The number of amides is 3. The molecule has 1 aromatic carbocycles. The van der Waals surface area contributed by atoms with Crippen LogP contribution >= 0.6 is 0 Å². The fourth-order valence-corrected chi connectivity index (χ4v) is 3.50. The van der Waals surface area contributed by atoms with Gasteiger partial charge < -0.3 is 19.9 Å². The highest BCUT2D eigenvalue weighted by atomic mass is 19.1. The number of benzene rings is 1. The third-order valence-corrected chi connectivity index (χ3v) is 4.81. The molecule has 2 saturated heterocycles. The summed E-state index contributed by atoms with van der Waals surface area (Å²) in [4.78, 5) is 28.5. The molecule has 2 aliphatic rings. The molecule has 0 bridgehead atoms. The molecule has 0 radical (unpaired) electrons. The van der Waals surface area contributed by atoms with Crippen LogP contribution < -0.4 is 10.1 Å². The molecule has 2 aliphatic heterocycles. The lowest BCUT2D eigenvalue weighted by Gasteiger charge is -2.32. The molecule has 0 aromatic heterocycles. The van der Waals surface area contributed by atoms with E-state index in [9.17, 15) is 14.0 Å². The normalized spacial score (nSPS) is 23.4. The van der Waals surface area contributed by atoms with Crippen molar-refractivity contribution in [3.63, 3.8) is 0 Å². The van der Waals surface area contributed by atoms with Gasteiger partial charge in [-0.2, -0.15) is 0 Å². The number of halogens is 1. The molecule has 3 amide bonds. The second-order valence-electron chi connectivity index (χ2n) is 6.52. The molecule has 136 valence electrons. The Morgan fingerprint density at radius 1 is 1.20 bits per heavy atom. The SMILES string of the molecule is COc1ccccc1NC(=O)N1C[C@@H](F)C[C@H]1C(=O)N1CCCCC1. The van der Waals surface area contributed by atoms with Gasteiger partial charge in [0.2, 0.25) is 5.91 Å². The quantitative estimate of drug-likeness (QED) is 0.913. The van der Waals surface area contributed by atoms with E-state index in [4.69, 9.17) is 4.74 Å². The molecular weight excluding hydrogens is 325 g/mol. The van der Waals surface area contributed by atoms with Gasteiger partial charge in [-0.3, -0.25) is 4.79 Å². The summed E-state index contributed by atoms with van der Waals surface area (Å²) in [6.07, 6.45) is 1.92. The lowest BCUT2D eigenvalue weighted by Crippen LogP contribution is -2.50. The van der Waals surface area contributed by atoms with Crippen LogP contribution in [0.4, 0.5) is 14.9 Å². The van der Waals surface area contributed by atoms with Crippen LogP contribution in [0.15, 0.2) is 24.3 Å². The maximum absolute atomic E-state index is 14.0. The lowest BCUT2D eigenvalue weighted by atomic mass is 10.1. The van der Waals surface area contributed by atoms with Crippen LogP contribution in [0.25, 0.3) is 0 Å². The van der Waals surface area contributed by atoms with Crippen molar-refractivity contribution in [3.8, 4) is 5.75 Å². The van der Waals surface area contributed by atoms with Crippen LogP contribution in [0.2, 0.25) is 0 Å². The van der Waals surface area contributed by atoms with Gasteiger partial charge in [0.1, 0.15) is 18.0 Å². The third kappa shape index (κ3) is 3.86. The Bertz CT molecular complexity index is 634. The molecule has 3 rings (SSSR count). The summed E-state index contributed by atoms with van der Waals surface area (Å²) >= 11 is 0. The molecule has 0 unspecified atom stereocenters. The minimum Gasteiger partial charge on any atom is -0.495 e. The Morgan fingerprint density at radius 3 is 2.64 bits per heavy atom. The number of alkyl halides is 1. The Balaban J connectivity index is 1.72. The maximum atomic E-state index is 14.0.